The Hall–Kier alpha value is -1.49. The molecule has 4 nitrogen and oxygen atoms in total. The van der Waals surface area contributed by atoms with Gasteiger partial charge in [-0.2, -0.15) is 0 Å². The molecular formula is C14H19FN2O2. The van der Waals surface area contributed by atoms with Crippen LogP contribution in [0.2, 0.25) is 0 Å². The molecule has 1 N–H and O–H groups in total. The second-order valence-electron chi connectivity index (χ2n) is 5.16. The molecule has 0 bridgehead atoms. The molecule has 19 heavy (non-hydrogen) atoms. The summed E-state index contributed by atoms with van der Waals surface area (Å²) in [7, 11) is 0. The van der Waals surface area contributed by atoms with Crippen molar-refractivity contribution in [3.8, 4) is 0 Å². The average Bonchev–Trinajstić information content (AvgIpc) is 2.38. The number of halogens is 1. The standard InChI is InChI=1S/C14H19FN2O2/c15-13-7-12(8-16-9-13)10-17-5-3-11(4-6-17)1-2-14(18)19/h7-9,11H,1-6,10H2,(H,18,19). The first kappa shape index (κ1) is 13.9. The lowest BCUT2D eigenvalue weighted by atomic mass is 9.92. The minimum atomic E-state index is -0.715. The van der Waals surface area contributed by atoms with Crippen molar-refractivity contribution in [1.82, 2.24) is 9.88 Å². The summed E-state index contributed by atoms with van der Waals surface area (Å²) in [5, 5.41) is 8.66. The van der Waals surface area contributed by atoms with Crippen molar-refractivity contribution in [3.05, 3.63) is 29.8 Å². The van der Waals surface area contributed by atoms with Crippen LogP contribution in [-0.4, -0.2) is 34.0 Å². The van der Waals surface area contributed by atoms with Gasteiger partial charge in [-0.05, 0) is 49.9 Å². The maximum Gasteiger partial charge on any atom is 0.303 e. The van der Waals surface area contributed by atoms with Crippen LogP contribution in [-0.2, 0) is 11.3 Å². The molecule has 2 heterocycles. The van der Waals surface area contributed by atoms with E-state index in [1.807, 2.05) is 0 Å². The van der Waals surface area contributed by atoms with Gasteiger partial charge in [0.05, 0.1) is 6.20 Å². The second kappa shape index (κ2) is 6.61. The number of hydrogen-bond donors (Lipinski definition) is 1. The van der Waals surface area contributed by atoms with E-state index in [1.54, 1.807) is 6.20 Å². The second-order valence-corrected chi connectivity index (χ2v) is 5.16. The Morgan fingerprint density at radius 1 is 1.42 bits per heavy atom. The van der Waals surface area contributed by atoms with Gasteiger partial charge >= 0.3 is 5.97 Å². The van der Waals surface area contributed by atoms with E-state index >= 15 is 0 Å². The number of aliphatic carboxylic acids is 1. The summed E-state index contributed by atoms with van der Waals surface area (Å²) < 4.78 is 13.0. The molecule has 0 amide bonds. The van der Waals surface area contributed by atoms with Crippen LogP contribution >= 0.6 is 0 Å². The van der Waals surface area contributed by atoms with E-state index in [-0.39, 0.29) is 12.2 Å². The summed E-state index contributed by atoms with van der Waals surface area (Å²) in [4.78, 5) is 16.6. The zero-order chi connectivity index (χ0) is 13.7. The van der Waals surface area contributed by atoms with E-state index < -0.39 is 5.97 Å². The molecule has 0 aromatic carbocycles. The smallest absolute Gasteiger partial charge is 0.303 e. The predicted octanol–water partition coefficient (Wildman–Crippen LogP) is 2.30. The van der Waals surface area contributed by atoms with Crippen molar-refractivity contribution >= 4 is 5.97 Å². The van der Waals surface area contributed by atoms with Gasteiger partial charge in [-0.25, -0.2) is 4.39 Å². The quantitative estimate of drug-likeness (QED) is 0.888. The summed E-state index contributed by atoms with van der Waals surface area (Å²) >= 11 is 0. The Balaban J connectivity index is 1.75. The van der Waals surface area contributed by atoms with Gasteiger partial charge in [0.15, 0.2) is 0 Å². The molecule has 0 saturated carbocycles. The highest BCUT2D eigenvalue weighted by Gasteiger charge is 2.19. The molecule has 1 aliphatic heterocycles. The van der Waals surface area contributed by atoms with Crippen LogP contribution in [0.25, 0.3) is 0 Å². The lowest BCUT2D eigenvalue weighted by Crippen LogP contribution is -2.33. The molecule has 0 unspecified atom stereocenters. The van der Waals surface area contributed by atoms with E-state index in [0.29, 0.717) is 5.92 Å². The van der Waals surface area contributed by atoms with Gasteiger partial charge in [-0.15, -0.1) is 0 Å². The lowest BCUT2D eigenvalue weighted by Gasteiger charge is -2.31. The Kier molecular flexibility index (Phi) is 4.85. The zero-order valence-electron chi connectivity index (χ0n) is 10.9. The summed E-state index contributed by atoms with van der Waals surface area (Å²) in [6.07, 6.45) is 5.98. The average molecular weight is 266 g/mol. The number of likely N-dealkylation sites (tertiary alicyclic amines) is 1. The SMILES string of the molecule is O=C(O)CCC1CCN(Cc2cncc(F)c2)CC1. The fourth-order valence-corrected chi connectivity index (χ4v) is 2.56. The summed E-state index contributed by atoms with van der Waals surface area (Å²) in [5.74, 6) is -0.500. The first-order chi connectivity index (χ1) is 9.13. The Morgan fingerprint density at radius 3 is 2.79 bits per heavy atom. The minimum Gasteiger partial charge on any atom is -0.481 e. The molecule has 0 radical (unpaired) electrons. The third-order valence-electron chi connectivity index (χ3n) is 3.64. The van der Waals surface area contributed by atoms with Gasteiger partial charge in [-0.3, -0.25) is 14.7 Å². The van der Waals surface area contributed by atoms with Crippen LogP contribution in [0.3, 0.4) is 0 Å². The van der Waals surface area contributed by atoms with Gasteiger partial charge in [0.2, 0.25) is 0 Å². The topological polar surface area (TPSA) is 53.4 Å². The third kappa shape index (κ3) is 4.59. The molecular weight excluding hydrogens is 247 g/mol. The maximum atomic E-state index is 13.0. The lowest BCUT2D eigenvalue weighted by molar-refractivity contribution is -0.137. The molecule has 0 atom stereocenters. The van der Waals surface area contributed by atoms with E-state index in [0.717, 1.165) is 44.5 Å². The summed E-state index contributed by atoms with van der Waals surface area (Å²) in [6, 6.07) is 1.52. The highest BCUT2D eigenvalue weighted by atomic mass is 19.1. The van der Waals surface area contributed by atoms with Gasteiger partial charge < -0.3 is 5.11 Å². The van der Waals surface area contributed by atoms with Crippen molar-refractivity contribution in [1.29, 1.82) is 0 Å². The van der Waals surface area contributed by atoms with E-state index in [4.69, 9.17) is 5.11 Å². The molecule has 1 saturated heterocycles. The molecule has 0 aliphatic carbocycles. The van der Waals surface area contributed by atoms with Crippen LogP contribution in [0.5, 0.6) is 0 Å². The molecule has 1 aromatic heterocycles. The number of pyridine rings is 1. The normalized spacial score (nSPS) is 17.5. The number of piperidine rings is 1. The molecule has 5 heteroatoms. The van der Waals surface area contributed by atoms with Gasteiger partial charge in [0.1, 0.15) is 5.82 Å². The number of carboxylic acid groups (broad SMARTS) is 1. The van der Waals surface area contributed by atoms with Crippen molar-refractivity contribution in [3.63, 3.8) is 0 Å². The van der Waals surface area contributed by atoms with Crippen LogP contribution in [0.4, 0.5) is 4.39 Å². The molecule has 1 fully saturated rings. The van der Waals surface area contributed by atoms with Crippen LogP contribution < -0.4 is 0 Å². The first-order valence-electron chi connectivity index (χ1n) is 6.67. The first-order valence-corrected chi connectivity index (χ1v) is 6.67. The van der Waals surface area contributed by atoms with Crippen LogP contribution in [0.1, 0.15) is 31.2 Å². The van der Waals surface area contributed by atoms with E-state index in [9.17, 15) is 9.18 Å². The van der Waals surface area contributed by atoms with Gasteiger partial charge in [0.25, 0.3) is 0 Å². The van der Waals surface area contributed by atoms with Crippen molar-refractivity contribution in [2.75, 3.05) is 13.1 Å². The van der Waals surface area contributed by atoms with Crippen LogP contribution in [0, 0.1) is 11.7 Å². The fraction of sp³-hybridized carbons (Fsp3) is 0.571. The zero-order valence-corrected chi connectivity index (χ0v) is 10.9. The Labute approximate surface area is 112 Å². The summed E-state index contributed by atoms with van der Waals surface area (Å²) in [5.41, 5.74) is 0.893. The van der Waals surface area contributed by atoms with Crippen LogP contribution in [0.15, 0.2) is 18.5 Å². The minimum absolute atomic E-state index is 0.262. The monoisotopic (exact) mass is 266 g/mol. The Bertz CT molecular complexity index is 431. The Morgan fingerprint density at radius 2 is 2.16 bits per heavy atom. The highest BCUT2D eigenvalue weighted by Crippen LogP contribution is 2.22. The number of aromatic nitrogens is 1. The van der Waals surface area contributed by atoms with Crippen molar-refractivity contribution in [2.24, 2.45) is 5.92 Å². The summed E-state index contributed by atoms with van der Waals surface area (Å²) in [6.45, 7) is 2.61. The largest absolute Gasteiger partial charge is 0.481 e. The van der Waals surface area contributed by atoms with E-state index in [2.05, 4.69) is 9.88 Å². The molecule has 104 valence electrons. The highest BCUT2D eigenvalue weighted by molar-refractivity contribution is 5.66. The van der Waals surface area contributed by atoms with Gasteiger partial charge in [0, 0.05) is 19.2 Å². The van der Waals surface area contributed by atoms with Crippen molar-refractivity contribution < 1.29 is 14.3 Å². The molecule has 1 aromatic rings. The maximum absolute atomic E-state index is 13.0. The number of carbonyl (C=O) groups is 1. The number of rotatable bonds is 5. The number of hydrogen-bond acceptors (Lipinski definition) is 3. The fourth-order valence-electron chi connectivity index (χ4n) is 2.56. The number of carboxylic acids is 1. The van der Waals surface area contributed by atoms with Crippen molar-refractivity contribution in [2.45, 2.75) is 32.2 Å². The number of nitrogens with zero attached hydrogens (tertiary/aromatic N) is 2. The third-order valence-corrected chi connectivity index (χ3v) is 3.64. The van der Waals surface area contributed by atoms with E-state index in [1.165, 1.54) is 12.3 Å². The molecule has 0 spiro atoms. The molecule has 2 rings (SSSR count). The van der Waals surface area contributed by atoms with Gasteiger partial charge in [-0.1, -0.05) is 0 Å². The predicted molar refractivity (Wildman–Crippen MR) is 69.1 cm³/mol. The molecule has 1 aliphatic rings.